The number of hydrogen-bond donors (Lipinski definition) is 1. The van der Waals surface area contributed by atoms with Gasteiger partial charge in [-0.15, -0.1) is 0 Å². The molecule has 1 atom stereocenters. The molecule has 0 aromatic carbocycles. The second-order valence-corrected chi connectivity index (χ2v) is 6.92. The van der Waals surface area contributed by atoms with E-state index in [4.69, 9.17) is 0 Å². The van der Waals surface area contributed by atoms with Crippen molar-refractivity contribution in [2.45, 2.75) is 25.7 Å². The Morgan fingerprint density at radius 2 is 2.24 bits per heavy atom. The highest BCUT2D eigenvalue weighted by Gasteiger charge is 2.37. The summed E-state index contributed by atoms with van der Waals surface area (Å²) < 4.78 is 0.706. The van der Waals surface area contributed by atoms with E-state index >= 15 is 0 Å². The first-order valence-corrected chi connectivity index (χ1v) is 8.15. The maximum absolute atomic E-state index is 10.8. The fourth-order valence-corrected chi connectivity index (χ4v) is 4.11. The van der Waals surface area contributed by atoms with E-state index in [9.17, 15) is 10.1 Å². The topological polar surface area (TPSA) is 71.3 Å². The fourth-order valence-electron chi connectivity index (χ4n) is 3.52. The first kappa shape index (κ1) is 14.7. The van der Waals surface area contributed by atoms with Gasteiger partial charge in [0, 0.05) is 31.1 Å². The van der Waals surface area contributed by atoms with Crippen molar-refractivity contribution in [1.29, 1.82) is 0 Å². The van der Waals surface area contributed by atoms with Crippen LogP contribution in [0.25, 0.3) is 0 Å². The van der Waals surface area contributed by atoms with Crippen molar-refractivity contribution in [3.05, 3.63) is 26.9 Å². The third-order valence-electron chi connectivity index (χ3n) is 4.54. The molecule has 1 aromatic rings. The van der Waals surface area contributed by atoms with E-state index in [2.05, 4.69) is 31.1 Å². The van der Waals surface area contributed by atoms with Gasteiger partial charge in [-0.2, -0.15) is 0 Å². The van der Waals surface area contributed by atoms with Crippen LogP contribution in [0.1, 0.15) is 25.7 Å². The van der Waals surface area contributed by atoms with E-state index in [-0.39, 0.29) is 5.69 Å². The van der Waals surface area contributed by atoms with Gasteiger partial charge in [0.25, 0.3) is 5.69 Å². The number of nitro groups is 1. The highest BCUT2D eigenvalue weighted by molar-refractivity contribution is 9.10. The van der Waals surface area contributed by atoms with Crippen LogP contribution in [0, 0.1) is 15.5 Å². The summed E-state index contributed by atoms with van der Waals surface area (Å²) in [6.45, 7) is 4.11. The summed E-state index contributed by atoms with van der Waals surface area (Å²) in [7, 11) is 0. The van der Waals surface area contributed by atoms with E-state index in [1.807, 2.05) is 0 Å². The van der Waals surface area contributed by atoms with Gasteiger partial charge in [0.2, 0.25) is 0 Å². The molecule has 1 spiro atoms. The predicted molar refractivity (Wildman–Crippen MR) is 84.6 cm³/mol. The third kappa shape index (κ3) is 3.03. The van der Waals surface area contributed by atoms with Crippen molar-refractivity contribution in [3.63, 3.8) is 0 Å². The number of nitrogens with zero attached hydrogens (tertiary/aromatic N) is 3. The van der Waals surface area contributed by atoms with Crippen LogP contribution in [0.3, 0.4) is 0 Å². The average Bonchev–Trinajstić information content (AvgIpc) is 2.48. The Labute approximate surface area is 132 Å². The predicted octanol–water partition coefficient (Wildman–Crippen LogP) is 2.72. The van der Waals surface area contributed by atoms with Crippen LogP contribution in [0.2, 0.25) is 0 Å². The number of pyridine rings is 1. The molecular weight excluding hydrogens is 336 g/mol. The van der Waals surface area contributed by atoms with Gasteiger partial charge < -0.3 is 10.2 Å². The highest BCUT2D eigenvalue weighted by atomic mass is 79.9. The third-order valence-corrected chi connectivity index (χ3v) is 5.12. The number of aromatic nitrogens is 1. The zero-order chi connectivity index (χ0) is 14.9. The SMILES string of the molecule is O=[N+]([O-])c1cnc(N2CCCC3(CCCNC3)C2)c(Br)c1. The fraction of sp³-hybridized carbons (Fsp3) is 0.643. The highest BCUT2D eigenvalue weighted by Crippen LogP contribution is 2.39. The summed E-state index contributed by atoms with van der Waals surface area (Å²) in [4.78, 5) is 17.0. The van der Waals surface area contributed by atoms with E-state index in [1.54, 1.807) is 6.07 Å². The first-order valence-electron chi connectivity index (χ1n) is 7.35. The molecule has 1 N–H and O–H groups in total. The van der Waals surface area contributed by atoms with Crippen LogP contribution in [0.4, 0.5) is 11.5 Å². The second kappa shape index (κ2) is 5.88. The van der Waals surface area contributed by atoms with Crippen LogP contribution in [0.15, 0.2) is 16.7 Å². The average molecular weight is 355 g/mol. The van der Waals surface area contributed by atoms with E-state index in [0.29, 0.717) is 9.89 Å². The molecule has 2 aliphatic rings. The van der Waals surface area contributed by atoms with Crippen LogP contribution in [-0.2, 0) is 0 Å². The molecule has 3 heterocycles. The zero-order valence-corrected chi connectivity index (χ0v) is 13.4. The Morgan fingerprint density at radius 1 is 1.43 bits per heavy atom. The standard InChI is InChI=1S/C14H19BrN4O2/c15-12-7-11(19(20)21)8-17-13(12)18-6-2-4-14(10-18)3-1-5-16-9-14/h7-8,16H,1-6,9-10H2. The van der Waals surface area contributed by atoms with Gasteiger partial charge in [0.15, 0.2) is 0 Å². The van der Waals surface area contributed by atoms with Crippen molar-refractivity contribution in [1.82, 2.24) is 10.3 Å². The summed E-state index contributed by atoms with van der Waals surface area (Å²) in [6.07, 6.45) is 6.22. The Bertz CT molecular complexity index is 540. The Morgan fingerprint density at radius 3 is 2.90 bits per heavy atom. The molecule has 0 saturated carbocycles. The molecule has 2 saturated heterocycles. The minimum atomic E-state index is -0.412. The van der Waals surface area contributed by atoms with Crippen molar-refractivity contribution in [2.75, 3.05) is 31.1 Å². The molecule has 3 rings (SSSR count). The minimum absolute atomic E-state index is 0.0247. The largest absolute Gasteiger partial charge is 0.355 e. The summed E-state index contributed by atoms with van der Waals surface area (Å²) in [5, 5.41) is 14.3. The van der Waals surface area contributed by atoms with Crippen molar-refractivity contribution in [3.8, 4) is 0 Å². The molecule has 2 fully saturated rings. The van der Waals surface area contributed by atoms with Gasteiger partial charge in [-0.25, -0.2) is 4.98 Å². The molecule has 21 heavy (non-hydrogen) atoms. The van der Waals surface area contributed by atoms with Crippen molar-refractivity contribution >= 4 is 27.4 Å². The van der Waals surface area contributed by atoms with Gasteiger partial charge in [0.1, 0.15) is 12.0 Å². The summed E-state index contributed by atoms with van der Waals surface area (Å²) >= 11 is 3.44. The lowest BCUT2D eigenvalue weighted by Crippen LogP contribution is -2.51. The van der Waals surface area contributed by atoms with Crippen LogP contribution < -0.4 is 10.2 Å². The summed E-state index contributed by atoms with van der Waals surface area (Å²) in [5.74, 6) is 0.824. The molecule has 0 bridgehead atoms. The van der Waals surface area contributed by atoms with Crippen LogP contribution >= 0.6 is 15.9 Å². The van der Waals surface area contributed by atoms with E-state index in [0.717, 1.165) is 38.4 Å². The zero-order valence-electron chi connectivity index (χ0n) is 11.8. The van der Waals surface area contributed by atoms with Gasteiger partial charge in [-0.3, -0.25) is 10.1 Å². The first-order chi connectivity index (χ1) is 10.1. The Hall–Kier alpha value is -1.21. The van der Waals surface area contributed by atoms with Gasteiger partial charge in [-0.05, 0) is 48.2 Å². The normalized spacial score (nSPS) is 26.0. The monoisotopic (exact) mass is 354 g/mol. The number of halogens is 1. The van der Waals surface area contributed by atoms with Gasteiger partial charge in [-0.1, -0.05) is 0 Å². The van der Waals surface area contributed by atoms with Gasteiger partial charge >= 0.3 is 0 Å². The van der Waals surface area contributed by atoms with Crippen molar-refractivity contribution in [2.24, 2.45) is 5.41 Å². The smallest absolute Gasteiger partial charge is 0.288 e. The molecule has 7 heteroatoms. The minimum Gasteiger partial charge on any atom is -0.355 e. The molecule has 1 unspecified atom stereocenters. The van der Waals surface area contributed by atoms with Crippen LogP contribution in [-0.4, -0.2) is 36.1 Å². The van der Waals surface area contributed by atoms with Crippen LogP contribution in [0.5, 0.6) is 0 Å². The molecular formula is C14H19BrN4O2. The summed E-state index contributed by atoms with van der Waals surface area (Å²) in [6, 6.07) is 1.54. The molecule has 0 amide bonds. The number of nitrogens with one attached hydrogen (secondary N) is 1. The van der Waals surface area contributed by atoms with E-state index < -0.39 is 4.92 Å². The maximum Gasteiger partial charge on any atom is 0.288 e. The lowest BCUT2D eigenvalue weighted by atomic mass is 9.74. The molecule has 2 aliphatic heterocycles. The Kier molecular flexibility index (Phi) is 4.12. The summed E-state index contributed by atoms with van der Waals surface area (Å²) in [5.41, 5.74) is 0.357. The number of hydrogen-bond acceptors (Lipinski definition) is 5. The second-order valence-electron chi connectivity index (χ2n) is 6.06. The molecule has 0 radical (unpaired) electrons. The maximum atomic E-state index is 10.8. The lowest BCUT2D eigenvalue weighted by Gasteiger charge is -2.46. The molecule has 1 aromatic heterocycles. The Balaban J connectivity index is 1.81. The number of anilines is 1. The van der Waals surface area contributed by atoms with Crippen molar-refractivity contribution < 1.29 is 4.92 Å². The molecule has 114 valence electrons. The lowest BCUT2D eigenvalue weighted by molar-refractivity contribution is -0.385. The van der Waals surface area contributed by atoms with Gasteiger partial charge in [0.05, 0.1) is 9.40 Å². The quantitative estimate of drug-likeness (QED) is 0.652. The molecule has 6 nitrogen and oxygen atoms in total. The number of rotatable bonds is 2. The number of piperidine rings is 2. The molecule has 0 aliphatic carbocycles. The van der Waals surface area contributed by atoms with E-state index in [1.165, 1.54) is 25.5 Å².